The Morgan fingerprint density at radius 2 is 1.77 bits per heavy atom. The van der Waals surface area contributed by atoms with Crippen LogP contribution in [0.3, 0.4) is 0 Å². The van der Waals surface area contributed by atoms with Crippen molar-refractivity contribution in [3.8, 4) is 11.6 Å². The Morgan fingerprint density at radius 1 is 1.00 bits per heavy atom. The summed E-state index contributed by atoms with van der Waals surface area (Å²) in [6.45, 7) is 2.10. The van der Waals surface area contributed by atoms with E-state index in [1.165, 1.54) is 10.9 Å². The van der Waals surface area contributed by atoms with E-state index in [0.717, 1.165) is 28.5 Å². The SMILES string of the molecule is COc1ccc(Nc2ccc3c(c2)c(C)cn3-c2ccc(N)cn2)cc1. The summed E-state index contributed by atoms with van der Waals surface area (Å²) < 4.78 is 7.29. The zero-order chi connectivity index (χ0) is 18.1. The summed E-state index contributed by atoms with van der Waals surface area (Å²) in [6.07, 6.45) is 3.77. The number of hydrogen-bond acceptors (Lipinski definition) is 4. The number of methoxy groups -OCH3 is 1. The van der Waals surface area contributed by atoms with Crippen molar-refractivity contribution in [1.29, 1.82) is 0 Å². The third-order valence-electron chi connectivity index (χ3n) is 4.40. The number of aromatic nitrogens is 2. The van der Waals surface area contributed by atoms with Gasteiger partial charge in [-0.3, -0.25) is 0 Å². The second kappa shape index (κ2) is 6.44. The molecule has 3 N–H and O–H groups in total. The van der Waals surface area contributed by atoms with Crippen LogP contribution in [0, 0.1) is 6.92 Å². The standard InChI is InChI=1S/C21H20N4O/c1-14-13-25(21-10-3-15(22)12-23-21)20-9-6-17(11-19(14)20)24-16-4-7-18(26-2)8-5-16/h3-13,24H,22H2,1-2H3. The molecule has 130 valence electrons. The summed E-state index contributed by atoms with van der Waals surface area (Å²) in [5.41, 5.74) is 10.8. The van der Waals surface area contributed by atoms with E-state index in [2.05, 4.69) is 46.2 Å². The van der Waals surface area contributed by atoms with Crippen LogP contribution in [0.5, 0.6) is 5.75 Å². The van der Waals surface area contributed by atoms with E-state index in [0.29, 0.717) is 5.69 Å². The van der Waals surface area contributed by atoms with Crippen LogP contribution in [0.15, 0.2) is 67.0 Å². The molecule has 5 heteroatoms. The van der Waals surface area contributed by atoms with Crippen LogP contribution >= 0.6 is 0 Å². The molecular formula is C21H20N4O. The lowest BCUT2D eigenvalue weighted by molar-refractivity contribution is 0.415. The number of anilines is 3. The predicted octanol–water partition coefficient (Wildman–Crippen LogP) is 4.67. The molecule has 0 aliphatic heterocycles. The Hall–Kier alpha value is -3.47. The molecule has 0 aliphatic carbocycles. The third-order valence-corrected chi connectivity index (χ3v) is 4.40. The first kappa shape index (κ1) is 16.0. The highest BCUT2D eigenvalue weighted by Gasteiger charge is 2.09. The van der Waals surface area contributed by atoms with Gasteiger partial charge >= 0.3 is 0 Å². The van der Waals surface area contributed by atoms with Gasteiger partial charge in [0.15, 0.2) is 0 Å². The predicted molar refractivity (Wildman–Crippen MR) is 106 cm³/mol. The van der Waals surface area contributed by atoms with E-state index in [-0.39, 0.29) is 0 Å². The second-order valence-electron chi connectivity index (χ2n) is 6.22. The summed E-state index contributed by atoms with van der Waals surface area (Å²) in [4.78, 5) is 4.43. The molecule has 26 heavy (non-hydrogen) atoms. The molecule has 0 aliphatic rings. The van der Waals surface area contributed by atoms with Gasteiger partial charge in [-0.05, 0) is 67.1 Å². The molecule has 2 aromatic heterocycles. The molecule has 0 atom stereocenters. The van der Waals surface area contributed by atoms with Gasteiger partial charge in [-0.1, -0.05) is 0 Å². The lowest BCUT2D eigenvalue weighted by Gasteiger charge is -2.09. The number of nitrogens with zero attached hydrogens (tertiary/aromatic N) is 2. The topological polar surface area (TPSA) is 65.1 Å². The van der Waals surface area contributed by atoms with Gasteiger partial charge in [-0.15, -0.1) is 0 Å². The van der Waals surface area contributed by atoms with Gasteiger partial charge in [0.2, 0.25) is 0 Å². The highest BCUT2D eigenvalue weighted by molar-refractivity contribution is 5.89. The molecule has 0 fully saturated rings. The van der Waals surface area contributed by atoms with Gasteiger partial charge in [-0.2, -0.15) is 0 Å². The monoisotopic (exact) mass is 344 g/mol. The van der Waals surface area contributed by atoms with E-state index < -0.39 is 0 Å². The molecule has 2 aromatic carbocycles. The minimum Gasteiger partial charge on any atom is -0.497 e. The van der Waals surface area contributed by atoms with Crippen molar-refractivity contribution in [2.24, 2.45) is 0 Å². The molecule has 4 rings (SSSR count). The quantitative estimate of drug-likeness (QED) is 0.565. The summed E-state index contributed by atoms with van der Waals surface area (Å²) in [6, 6.07) is 18.0. The molecule has 0 saturated carbocycles. The fourth-order valence-electron chi connectivity index (χ4n) is 3.04. The van der Waals surface area contributed by atoms with Crippen LogP contribution < -0.4 is 15.8 Å². The van der Waals surface area contributed by atoms with E-state index in [4.69, 9.17) is 10.5 Å². The summed E-state index contributed by atoms with van der Waals surface area (Å²) in [7, 11) is 1.67. The lowest BCUT2D eigenvalue weighted by atomic mass is 10.1. The first-order valence-electron chi connectivity index (χ1n) is 8.39. The van der Waals surface area contributed by atoms with Gasteiger partial charge in [0.25, 0.3) is 0 Å². The van der Waals surface area contributed by atoms with Crippen LogP contribution in [0.4, 0.5) is 17.1 Å². The van der Waals surface area contributed by atoms with E-state index in [9.17, 15) is 0 Å². The van der Waals surface area contributed by atoms with Crippen molar-refractivity contribution in [2.75, 3.05) is 18.2 Å². The fourth-order valence-corrected chi connectivity index (χ4v) is 3.04. The largest absolute Gasteiger partial charge is 0.497 e. The molecule has 5 nitrogen and oxygen atoms in total. The number of hydrogen-bond donors (Lipinski definition) is 2. The smallest absolute Gasteiger partial charge is 0.137 e. The number of nitrogens with two attached hydrogens (primary N) is 1. The van der Waals surface area contributed by atoms with Crippen LogP contribution in [0.2, 0.25) is 0 Å². The van der Waals surface area contributed by atoms with Gasteiger partial charge in [0.05, 0.1) is 24.5 Å². The van der Waals surface area contributed by atoms with Crippen molar-refractivity contribution >= 4 is 28.0 Å². The minimum atomic E-state index is 0.660. The molecule has 0 unspecified atom stereocenters. The van der Waals surface area contributed by atoms with Crippen molar-refractivity contribution in [3.05, 3.63) is 72.6 Å². The summed E-state index contributed by atoms with van der Waals surface area (Å²) in [5.74, 6) is 1.70. The van der Waals surface area contributed by atoms with Crippen LogP contribution in [0.25, 0.3) is 16.7 Å². The second-order valence-corrected chi connectivity index (χ2v) is 6.22. The third kappa shape index (κ3) is 2.95. The molecule has 0 amide bonds. The molecule has 0 bridgehead atoms. The van der Waals surface area contributed by atoms with Crippen molar-refractivity contribution in [3.63, 3.8) is 0 Å². The Labute approximate surface area is 152 Å². The number of rotatable bonds is 4. The highest BCUT2D eigenvalue weighted by atomic mass is 16.5. The zero-order valence-electron chi connectivity index (χ0n) is 14.7. The van der Waals surface area contributed by atoms with Gasteiger partial charge in [-0.25, -0.2) is 4.98 Å². The normalized spacial score (nSPS) is 10.8. The van der Waals surface area contributed by atoms with Crippen molar-refractivity contribution < 1.29 is 4.74 Å². The summed E-state index contributed by atoms with van der Waals surface area (Å²) >= 11 is 0. The van der Waals surface area contributed by atoms with E-state index in [1.807, 2.05) is 36.4 Å². The number of fused-ring (bicyclic) bond motifs is 1. The molecule has 0 saturated heterocycles. The van der Waals surface area contributed by atoms with Gasteiger partial charge in [0, 0.05) is 23.0 Å². The first-order valence-corrected chi connectivity index (χ1v) is 8.39. The molecule has 0 radical (unpaired) electrons. The van der Waals surface area contributed by atoms with Crippen LogP contribution in [-0.2, 0) is 0 Å². The molecule has 4 aromatic rings. The Bertz CT molecular complexity index is 1050. The average molecular weight is 344 g/mol. The maximum Gasteiger partial charge on any atom is 0.137 e. The lowest BCUT2D eigenvalue weighted by Crippen LogP contribution is -1.97. The minimum absolute atomic E-state index is 0.660. The van der Waals surface area contributed by atoms with E-state index >= 15 is 0 Å². The number of ether oxygens (including phenoxy) is 1. The molecule has 0 spiro atoms. The zero-order valence-corrected chi connectivity index (χ0v) is 14.7. The molecule has 2 heterocycles. The number of pyridine rings is 1. The van der Waals surface area contributed by atoms with Crippen molar-refractivity contribution in [1.82, 2.24) is 9.55 Å². The maximum atomic E-state index is 5.75. The van der Waals surface area contributed by atoms with E-state index in [1.54, 1.807) is 13.3 Å². The number of aryl methyl sites for hydroxylation is 1. The highest BCUT2D eigenvalue weighted by Crippen LogP contribution is 2.28. The van der Waals surface area contributed by atoms with Crippen molar-refractivity contribution in [2.45, 2.75) is 6.92 Å². The number of benzene rings is 2. The Kier molecular flexibility index (Phi) is 3.97. The first-order chi connectivity index (χ1) is 12.6. The van der Waals surface area contributed by atoms with Gasteiger partial charge in [0.1, 0.15) is 11.6 Å². The number of nitrogens with one attached hydrogen (secondary N) is 1. The fraction of sp³-hybridized carbons (Fsp3) is 0.0952. The Morgan fingerprint density at radius 3 is 2.46 bits per heavy atom. The van der Waals surface area contributed by atoms with Crippen LogP contribution in [0.1, 0.15) is 5.56 Å². The Balaban J connectivity index is 1.69. The molecular weight excluding hydrogens is 324 g/mol. The maximum absolute atomic E-state index is 5.75. The van der Waals surface area contributed by atoms with Crippen LogP contribution in [-0.4, -0.2) is 16.7 Å². The van der Waals surface area contributed by atoms with Gasteiger partial charge < -0.3 is 20.4 Å². The average Bonchev–Trinajstić information content (AvgIpc) is 2.99. The summed E-state index contributed by atoms with van der Waals surface area (Å²) in [5, 5.41) is 4.62. The number of nitrogen functional groups attached to an aromatic ring is 1.